The van der Waals surface area contributed by atoms with Gasteiger partial charge in [-0.15, -0.1) is 0 Å². The van der Waals surface area contributed by atoms with Crippen molar-refractivity contribution in [1.29, 1.82) is 0 Å². The Kier molecular flexibility index (Phi) is 3.97. The minimum Gasteiger partial charge on any atom is -0.383 e. The molecule has 0 bridgehead atoms. The predicted molar refractivity (Wildman–Crippen MR) is 66.9 cm³/mol. The fourth-order valence-electron chi connectivity index (χ4n) is 2.52. The van der Waals surface area contributed by atoms with E-state index in [1.54, 1.807) is 7.11 Å². The van der Waals surface area contributed by atoms with Crippen LogP contribution >= 0.6 is 0 Å². The molecule has 88 valence electrons. The molecule has 0 spiro atoms. The third kappa shape index (κ3) is 2.63. The molecule has 0 fully saturated rings. The number of ether oxygens (including phenoxy) is 1. The molecule has 1 aliphatic rings. The van der Waals surface area contributed by atoms with Gasteiger partial charge in [-0.2, -0.15) is 0 Å². The summed E-state index contributed by atoms with van der Waals surface area (Å²) in [5.41, 5.74) is 3.05. The fraction of sp³-hybridized carbons (Fsp3) is 0.571. The van der Waals surface area contributed by atoms with E-state index in [0.29, 0.717) is 5.92 Å². The van der Waals surface area contributed by atoms with Crippen LogP contribution in [0.4, 0.5) is 0 Å². The van der Waals surface area contributed by atoms with Crippen molar-refractivity contribution in [3.8, 4) is 0 Å². The Morgan fingerprint density at radius 3 is 3.00 bits per heavy atom. The van der Waals surface area contributed by atoms with Gasteiger partial charge in [-0.05, 0) is 23.5 Å². The summed E-state index contributed by atoms with van der Waals surface area (Å²) in [5.74, 6) is 0.635. The summed E-state index contributed by atoms with van der Waals surface area (Å²) in [7, 11) is 1.77. The summed E-state index contributed by atoms with van der Waals surface area (Å²) in [6.07, 6.45) is 1.17. The van der Waals surface area contributed by atoms with Crippen LogP contribution in [0.1, 0.15) is 24.0 Å². The van der Waals surface area contributed by atoms with Gasteiger partial charge in [-0.25, -0.2) is 0 Å². The van der Waals surface area contributed by atoms with Crippen LogP contribution in [0.5, 0.6) is 0 Å². The van der Waals surface area contributed by atoms with Gasteiger partial charge in [0, 0.05) is 26.7 Å². The van der Waals surface area contributed by atoms with E-state index in [1.165, 1.54) is 17.5 Å². The lowest BCUT2D eigenvalue weighted by Gasteiger charge is -2.22. The van der Waals surface area contributed by atoms with E-state index >= 15 is 0 Å². The second-order valence-electron chi connectivity index (χ2n) is 4.64. The van der Waals surface area contributed by atoms with Gasteiger partial charge >= 0.3 is 0 Å². The van der Waals surface area contributed by atoms with Gasteiger partial charge < -0.3 is 9.64 Å². The van der Waals surface area contributed by atoms with Gasteiger partial charge in [0.1, 0.15) is 0 Å². The Hall–Kier alpha value is -0.860. The summed E-state index contributed by atoms with van der Waals surface area (Å²) in [6, 6.07) is 8.85. The zero-order valence-electron chi connectivity index (χ0n) is 10.3. The molecule has 0 radical (unpaired) electrons. The third-order valence-corrected chi connectivity index (χ3v) is 3.43. The lowest BCUT2D eigenvalue weighted by atomic mass is 9.96. The molecule has 2 rings (SSSR count). The van der Waals surface area contributed by atoms with E-state index in [4.69, 9.17) is 4.74 Å². The van der Waals surface area contributed by atoms with Crippen LogP contribution in [-0.2, 0) is 11.2 Å². The largest absolute Gasteiger partial charge is 0.383 e. The van der Waals surface area contributed by atoms with Crippen LogP contribution in [0.3, 0.4) is 0 Å². The predicted octanol–water partition coefficient (Wildman–Crippen LogP) is 2.29. The zero-order chi connectivity index (χ0) is 11.4. The maximum atomic E-state index is 5.16. The highest BCUT2D eigenvalue weighted by Crippen LogP contribution is 2.24. The fourth-order valence-corrected chi connectivity index (χ4v) is 2.52. The lowest BCUT2D eigenvalue weighted by molar-refractivity contribution is 0.147. The Bertz CT molecular complexity index is 337. The van der Waals surface area contributed by atoms with Gasteiger partial charge in [0.05, 0.1) is 6.61 Å². The van der Waals surface area contributed by atoms with Crippen molar-refractivity contribution in [2.45, 2.75) is 19.3 Å². The molecule has 16 heavy (non-hydrogen) atoms. The molecule has 2 heteroatoms. The van der Waals surface area contributed by atoms with Gasteiger partial charge in [0.15, 0.2) is 0 Å². The average molecular weight is 219 g/mol. The molecular formula is C14H21NO. The molecule has 1 aromatic carbocycles. The summed E-state index contributed by atoms with van der Waals surface area (Å²) >= 11 is 0. The highest BCUT2D eigenvalue weighted by Gasteiger charge is 2.18. The Morgan fingerprint density at radius 1 is 1.38 bits per heavy atom. The number of benzene rings is 1. The highest BCUT2D eigenvalue weighted by molar-refractivity contribution is 5.31. The van der Waals surface area contributed by atoms with Gasteiger partial charge in [-0.1, -0.05) is 31.2 Å². The van der Waals surface area contributed by atoms with Gasteiger partial charge in [0.2, 0.25) is 0 Å². The smallest absolute Gasteiger partial charge is 0.0589 e. The van der Waals surface area contributed by atoms with Crippen molar-refractivity contribution in [2.75, 3.05) is 33.4 Å². The standard InChI is InChI=1S/C14H21NO/c1-12-11-15(9-10-16-2)8-7-13-5-3-4-6-14(12)13/h3-6,12H,7-11H2,1-2H3/t12-/m1/s1. The molecule has 0 unspecified atom stereocenters. The van der Waals surface area contributed by atoms with Crippen molar-refractivity contribution in [2.24, 2.45) is 0 Å². The molecule has 1 atom stereocenters. The van der Waals surface area contributed by atoms with E-state index in [1.807, 2.05) is 0 Å². The molecule has 0 saturated heterocycles. The summed E-state index contributed by atoms with van der Waals surface area (Å²) in [4.78, 5) is 2.51. The van der Waals surface area contributed by atoms with Crippen molar-refractivity contribution in [1.82, 2.24) is 4.90 Å². The first-order valence-electron chi connectivity index (χ1n) is 6.10. The van der Waals surface area contributed by atoms with E-state index in [9.17, 15) is 0 Å². The molecule has 0 amide bonds. The maximum absolute atomic E-state index is 5.16. The van der Waals surface area contributed by atoms with E-state index in [-0.39, 0.29) is 0 Å². The second kappa shape index (κ2) is 5.46. The van der Waals surface area contributed by atoms with Crippen LogP contribution in [0.25, 0.3) is 0 Å². The molecule has 1 aromatic rings. The molecule has 0 aliphatic carbocycles. The number of fused-ring (bicyclic) bond motifs is 1. The number of hydrogen-bond acceptors (Lipinski definition) is 2. The SMILES string of the molecule is COCCN1CCc2ccccc2[C@H](C)C1. The second-order valence-corrected chi connectivity index (χ2v) is 4.64. The molecular weight excluding hydrogens is 198 g/mol. The molecule has 2 nitrogen and oxygen atoms in total. The van der Waals surface area contributed by atoms with Crippen molar-refractivity contribution >= 4 is 0 Å². The summed E-state index contributed by atoms with van der Waals surface area (Å²) in [5, 5.41) is 0. The zero-order valence-corrected chi connectivity index (χ0v) is 10.3. The van der Waals surface area contributed by atoms with E-state index in [0.717, 1.165) is 26.2 Å². The minimum absolute atomic E-state index is 0.635. The number of nitrogens with zero attached hydrogens (tertiary/aromatic N) is 1. The summed E-state index contributed by atoms with van der Waals surface area (Å²) in [6.45, 7) is 6.52. The van der Waals surface area contributed by atoms with Crippen LogP contribution in [0, 0.1) is 0 Å². The molecule has 0 aromatic heterocycles. The molecule has 0 N–H and O–H groups in total. The van der Waals surface area contributed by atoms with Crippen molar-refractivity contribution in [3.63, 3.8) is 0 Å². The van der Waals surface area contributed by atoms with Crippen LogP contribution in [0.15, 0.2) is 24.3 Å². The normalized spacial score (nSPS) is 21.5. The van der Waals surface area contributed by atoms with Crippen LogP contribution in [0.2, 0.25) is 0 Å². The van der Waals surface area contributed by atoms with Crippen molar-refractivity contribution < 1.29 is 4.74 Å². The van der Waals surface area contributed by atoms with Crippen molar-refractivity contribution in [3.05, 3.63) is 35.4 Å². The van der Waals surface area contributed by atoms with Crippen LogP contribution in [-0.4, -0.2) is 38.3 Å². The van der Waals surface area contributed by atoms with E-state index in [2.05, 4.69) is 36.1 Å². The monoisotopic (exact) mass is 219 g/mol. The molecule has 1 heterocycles. The first kappa shape index (κ1) is 11.6. The first-order valence-corrected chi connectivity index (χ1v) is 6.10. The quantitative estimate of drug-likeness (QED) is 0.773. The minimum atomic E-state index is 0.635. The van der Waals surface area contributed by atoms with Crippen LogP contribution < -0.4 is 0 Å². The molecule has 0 saturated carbocycles. The third-order valence-electron chi connectivity index (χ3n) is 3.43. The number of hydrogen-bond donors (Lipinski definition) is 0. The Morgan fingerprint density at radius 2 is 2.19 bits per heavy atom. The Labute approximate surface area is 98.2 Å². The van der Waals surface area contributed by atoms with E-state index < -0.39 is 0 Å². The number of rotatable bonds is 3. The van der Waals surface area contributed by atoms with Gasteiger partial charge in [-0.3, -0.25) is 0 Å². The number of methoxy groups -OCH3 is 1. The average Bonchev–Trinajstić information content (AvgIpc) is 2.47. The topological polar surface area (TPSA) is 12.5 Å². The first-order chi connectivity index (χ1) is 7.81. The maximum Gasteiger partial charge on any atom is 0.0589 e. The molecule has 1 aliphatic heterocycles. The Balaban J connectivity index is 2.07. The highest BCUT2D eigenvalue weighted by atomic mass is 16.5. The lowest BCUT2D eigenvalue weighted by Crippen LogP contribution is -2.30. The van der Waals surface area contributed by atoms with Gasteiger partial charge in [0.25, 0.3) is 0 Å². The summed E-state index contributed by atoms with van der Waals surface area (Å²) < 4.78 is 5.16.